The molecular weight excluding hydrogens is 268 g/mol. The largest absolute Gasteiger partial charge is 0.490 e. The van der Waals surface area contributed by atoms with Gasteiger partial charge in [0.05, 0.1) is 13.7 Å². The van der Waals surface area contributed by atoms with E-state index in [4.69, 9.17) is 21.4 Å². The average Bonchev–Trinajstić information content (AvgIpc) is 2.64. The Morgan fingerprint density at radius 3 is 2.89 bits per heavy atom. The summed E-state index contributed by atoms with van der Waals surface area (Å²) in [5.41, 5.74) is 0. The van der Waals surface area contributed by atoms with Gasteiger partial charge in [0.1, 0.15) is 6.33 Å². The molecule has 7 heteroatoms. The zero-order chi connectivity index (χ0) is 13.7. The lowest BCUT2D eigenvalue weighted by molar-refractivity contribution is 0.204. The molecule has 0 radical (unpaired) electrons. The quantitative estimate of drug-likeness (QED) is 0.820. The molecule has 106 valence electrons. The molecular formula is C12H19ClN4O2. The SMILES string of the molecule is COc1c(Cl)ncnc1N1CCCN(CCO)CC1. The van der Waals surface area contributed by atoms with Crippen LogP contribution in [0.4, 0.5) is 5.82 Å². The number of aliphatic hydroxyl groups excluding tert-OH is 1. The minimum Gasteiger partial charge on any atom is -0.490 e. The van der Waals surface area contributed by atoms with E-state index in [1.165, 1.54) is 6.33 Å². The third-order valence-electron chi connectivity index (χ3n) is 3.25. The van der Waals surface area contributed by atoms with Crippen molar-refractivity contribution in [3.63, 3.8) is 0 Å². The van der Waals surface area contributed by atoms with Crippen molar-refractivity contribution in [2.45, 2.75) is 6.42 Å². The molecule has 1 fully saturated rings. The first-order valence-corrected chi connectivity index (χ1v) is 6.76. The van der Waals surface area contributed by atoms with Gasteiger partial charge in [-0.2, -0.15) is 0 Å². The van der Waals surface area contributed by atoms with Crippen LogP contribution in [0.1, 0.15) is 6.42 Å². The first kappa shape index (κ1) is 14.3. The second-order valence-corrected chi connectivity index (χ2v) is 4.79. The Morgan fingerprint density at radius 1 is 1.32 bits per heavy atom. The highest BCUT2D eigenvalue weighted by atomic mass is 35.5. The van der Waals surface area contributed by atoms with Crippen molar-refractivity contribution in [3.8, 4) is 5.75 Å². The zero-order valence-corrected chi connectivity index (χ0v) is 11.8. The number of β-amino-alcohol motifs (C(OH)–C–C–N with tert-alkyl or cyclic N) is 1. The van der Waals surface area contributed by atoms with Crippen LogP contribution in [-0.2, 0) is 0 Å². The predicted octanol–water partition coefficient (Wildman–Crippen LogP) is 0.643. The molecule has 1 N–H and O–H groups in total. The van der Waals surface area contributed by atoms with Crippen LogP contribution in [0.5, 0.6) is 5.75 Å². The number of halogens is 1. The summed E-state index contributed by atoms with van der Waals surface area (Å²) in [5.74, 6) is 1.27. The van der Waals surface area contributed by atoms with E-state index in [1.54, 1.807) is 7.11 Å². The molecule has 1 aromatic rings. The first-order chi connectivity index (χ1) is 9.26. The van der Waals surface area contributed by atoms with E-state index in [0.717, 1.165) is 45.0 Å². The lowest BCUT2D eigenvalue weighted by Crippen LogP contribution is -2.33. The molecule has 0 amide bonds. The smallest absolute Gasteiger partial charge is 0.199 e. The molecule has 2 heterocycles. The van der Waals surface area contributed by atoms with Gasteiger partial charge >= 0.3 is 0 Å². The van der Waals surface area contributed by atoms with E-state index in [-0.39, 0.29) is 6.61 Å². The van der Waals surface area contributed by atoms with Crippen LogP contribution < -0.4 is 9.64 Å². The van der Waals surface area contributed by atoms with Crippen molar-refractivity contribution in [1.82, 2.24) is 14.9 Å². The standard InChI is InChI=1S/C12H19ClN4O2/c1-19-10-11(13)14-9-15-12(10)17-4-2-3-16(5-6-17)7-8-18/h9,18H,2-8H2,1H3. The Balaban J connectivity index is 2.12. The maximum absolute atomic E-state index is 9.00. The van der Waals surface area contributed by atoms with Crippen molar-refractivity contribution in [3.05, 3.63) is 11.5 Å². The van der Waals surface area contributed by atoms with Crippen molar-refractivity contribution < 1.29 is 9.84 Å². The molecule has 0 atom stereocenters. The van der Waals surface area contributed by atoms with Gasteiger partial charge in [0.2, 0.25) is 0 Å². The fourth-order valence-corrected chi connectivity index (χ4v) is 2.50. The third-order valence-corrected chi connectivity index (χ3v) is 3.52. The molecule has 0 bridgehead atoms. The highest BCUT2D eigenvalue weighted by Crippen LogP contribution is 2.31. The molecule has 6 nitrogen and oxygen atoms in total. The third kappa shape index (κ3) is 3.46. The summed E-state index contributed by atoms with van der Waals surface area (Å²) in [6.45, 7) is 4.52. The van der Waals surface area contributed by atoms with Gasteiger partial charge in [-0.3, -0.25) is 4.90 Å². The Labute approximate surface area is 118 Å². The van der Waals surface area contributed by atoms with Crippen LogP contribution in [-0.4, -0.2) is 66.4 Å². The number of aliphatic hydroxyl groups is 1. The van der Waals surface area contributed by atoms with Crippen molar-refractivity contribution in [2.75, 3.05) is 51.3 Å². The predicted molar refractivity (Wildman–Crippen MR) is 73.9 cm³/mol. The van der Waals surface area contributed by atoms with Gasteiger partial charge < -0.3 is 14.7 Å². The summed E-state index contributed by atoms with van der Waals surface area (Å²) in [6.07, 6.45) is 2.47. The van der Waals surface area contributed by atoms with Crippen molar-refractivity contribution in [1.29, 1.82) is 0 Å². The minimum atomic E-state index is 0.197. The van der Waals surface area contributed by atoms with Crippen LogP contribution in [0.25, 0.3) is 0 Å². The molecule has 0 aliphatic carbocycles. The van der Waals surface area contributed by atoms with E-state index in [2.05, 4.69) is 19.8 Å². The Bertz CT molecular complexity index is 419. The number of nitrogens with zero attached hydrogens (tertiary/aromatic N) is 4. The maximum atomic E-state index is 9.00. The van der Waals surface area contributed by atoms with E-state index >= 15 is 0 Å². The molecule has 2 rings (SSSR count). The van der Waals surface area contributed by atoms with Crippen molar-refractivity contribution in [2.24, 2.45) is 0 Å². The van der Waals surface area contributed by atoms with E-state index in [0.29, 0.717) is 10.9 Å². The van der Waals surface area contributed by atoms with E-state index in [9.17, 15) is 0 Å². The lowest BCUT2D eigenvalue weighted by Gasteiger charge is -2.23. The second-order valence-electron chi connectivity index (χ2n) is 4.43. The normalized spacial score (nSPS) is 17.3. The molecule has 1 aliphatic rings. The van der Waals surface area contributed by atoms with Crippen molar-refractivity contribution >= 4 is 17.4 Å². The minimum absolute atomic E-state index is 0.197. The number of aromatic nitrogens is 2. The highest BCUT2D eigenvalue weighted by Gasteiger charge is 2.20. The summed E-state index contributed by atoms with van der Waals surface area (Å²) in [7, 11) is 1.57. The van der Waals surface area contributed by atoms with Crippen LogP contribution in [0, 0.1) is 0 Å². The number of methoxy groups -OCH3 is 1. The molecule has 1 aliphatic heterocycles. The summed E-state index contributed by atoms with van der Waals surface area (Å²) in [4.78, 5) is 12.6. The topological polar surface area (TPSA) is 61.7 Å². The van der Waals surface area contributed by atoms with Crippen LogP contribution >= 0.6 is 11.6 Å². The lowest BCUT2D eigenvalue weighted by atomic mass is 10.3. The molecule has 0 spiro atoms. The summed E-state index contributed by atoms with van der Waals surface area (Å²) < 4.78 is 5.29. The van der Waals surface area contributed by atoms with Gasteiger partial charge in [0.15, 0.2) is 16.7 Å². The fraction of sp³-hybridized carbons (Fsp3) is 0.667. The van der Waals surface area contributed by atoms with E-state index < -0.39 is 0 Å². The van der Waals surface area contributed by atoms with E-state index in [1.807, 2.05) is 0 Å². The van der Waals surface area contributed by atoms with Gasteiger partial charge in [0.25, 0.3) is 0 Å². The van der Waals surface area contributed by atoms with Gasteiger partial charge in [-0.1, -0.05) is 11.6 Å². The Kier molecular flexibility index (Phi) is 5.18. The first-order valence-electron chi connectivity index (χ1n) is 6.39. The maximum Gasteiger partial charge on any atom is 0.199 e. The van der Waals surface area contributed by atoms with Crippen LogP contribution in [0.15, 0.2) is 6.33 Å². The summed E-state index contributed by atoms with van der Waals surface area (Å²) >= 11 is 6.02. The molecule has 1 saturated heterocycles. The van der Waals surface area contributed by atoms with Gasteiger partial charge in [0, 0.05) is 26.2 Å². The van der Waals surface area contributed by atoms with Gasteiger partial charge in [-0.25, -0.2) is 9.97 Å². The molecule has 0 aromatic carbocycles. The Morgan fingerprint density at radius 2 is 2.16 bits per heavy atom. The number of hydrogen-bond donors (Lipinski definition) is 1. The number of anilines is 1. The van der Waals surface area contributed by atoms with Crippen LogP contribution in [0.2, 0.25) is 5.15 Å². The molecule has 0 saturated carbocycles. The Hall–Kier alpha value is -1.11. The average molecular weight is 287 g/mol. The second kappa shape index (κ2) is 6.88. The molecule has 0 unspecified atom stereocenters. The number of rotatable bonds is 4. The highest BCUT2D eigenvalue weighted by molar-refractivity contribution is 6.31. The fourth-order valence-electron chi connectivity index (χ4n) is 2.29. The summed E-state index contributed by atoms with van der Waals surface area (Å²) in [5, 5.41) is 9.34. The van der Waals surface area contributed by atoms with Crippen LogP contribution in [0.3, 0.4) is 0 Å². The molecule has 1 aromatic heterocycles. The summed E-state index contributed by atoms with van der Waals surface area (Å²) in [6, 6.07) is 0. The zero-order valence-electron chi connectivity index (χ0n) is 11.0. The van der Waals surface area contributed by atoms with Gasteiger partial charge in [-0.15, -0.1) is 0 Å². The molecule has 19 heavy (non-hydrogen) atoms. The monoisotopic (exact) mass is 286 g/mol. The number of ether oxygens (including phenoxy) is 1. The van der Waals surface area contributed by atoms with Gasteiger partial charge in [-0.05, 0) is 13.0 Å². The number of hydrogen-bond acceptors (Lipinski definition) is 6.